The zero-order valence-electron chi connectivity index (χ0n) is 78.2. The highest BCUT2D eigenvalue weighted by atomic mass is 127. The van der Waals surface area contributed by atoms with E-state index in [4.69, 9.17) is 68.4 Å². The lowest BCUT2D eigenvalue weighted by Gasteiger charge is -2.15. The lowest BCUT2D eigenvalue weighted by molar-refractivity contribution is 0.119. The molecule has 0 atom stereocenters. The van der Waals surface area contributed by atoms with Gasteiger partial charge >= 0.3 is 36.9 Å². The first-order valence-electron chi connectivity index (χ1n) is 41.3. The Bertz CT molecular complexity index is 5530. The lowest BCUT2D eigenvalue weighted by Crippen LogP contribution is -2.11. The Morgan fingerprint density at radius 3 is 0.854 bits per heavy atom. The highest BCUT2D eigenvalue weighted by Crippen LogP contribution is 2.37. The Balaban J connectivity index is 0.000000224. The predicted molar refractivity (Wildman–Crippen MR) is 508 cm³/mol. The molecule has 12 rings (SSSR count). The first kappa shape index (κ1) is 110. The first-order valence-corrected chi connectivity index (χ1v) is 43.5. The van der Waals surface area contributed by atoms with Gasteiger partial charge in [-0.1, -0.05) is 82.1 Å². The number of benzene rings is 12. The van der Waals surface area contributed by atoms with E-state index in [1.54, 1.807) is 170 Å². The van der Waals surface area contributed by atoms with Gasteiger partial charge in [-0.25, -0.2) is 59.5 Å². The van der Waals surface area contributed by atoms with E-state index in [0.29, 0.717) is 128 Å². The number of halogens is 10. The normalized spacial score (nSPS) is 10.3. The lowest BCUT2D eigenvalue weighted by atomic mass is 10.1. The van der Waals surface area contributed by atoms with E-state index in [1.807, 2.05) is 53.7 Å². The fourth-order valence-electron chi connectivity index (χ4n) is 12.2. The molecule has 726 valence electrons. The maximum absolute atomic E-state index is 14.0. The number of carbonyl (C=O) groups is 6. The third-order valence-corrected chi connectivity index (χ3v) is 21.9. The molecule has 0 heterocycles. The molecule has 0 saturated heterocycles. The Hall–Kier alpha value is -13.9. The Morgan fingerprint density at radius 2 is 0.496 bits per heavy atom. The highest BCUT2D eigenvalue weighted by Gasteiger charge is 2.23. The number of carbonyl (C=O) groups excluding carboxylic acids is 6. The average Bonchev–Trinajstić information content (AvgIpc) is 0.837. The maximum atomic E-state index is 14.0. The molecule has 24 nitrogen and oxygen atoms in total. The molecule has 0 aliphatic rings. The fraction of sp³-hybridized carbons (Fsp3) is 0.243. The molecule has 0 unspecified atom stereocenters. The number of hydrogen-bond donors (Lipinski definition) is 0. The van der Waals surface area contributed by atoms with Crippen LogP contribution >= 0.6 is 50.1 Å². The summed E-state index contributed by atoms with van der Waals surface area (Å²) in [7, 11) is 7.31. The number of methoxy groups -OCH3 is 6. The Morgan fingerprint density at radius 1 is 0.248 bits per heavy atom. The summed E-state index contributed by atoms with van der Waals surface area (Å²) < 4.78 is 189. The van der Waals surface area contributed by atoms with Crippen LogP contribution in [-0.4, -0.2) is 79.6 Å². The van der Waals surface area contributed by atoms with Crippen LogP contribution in [0.3, 0.4) is 0 Å². The van der Waals surface area contributed by atoms with Crippen molar-refractivity contribution in [1.29, 1.82) is 0 Å². The van der Waals surface area contributed by atoms with E-state index >= 15 is 0 Å². The molecule has 0 spiro atoms. The van der Waals surface area contributed by atoms with Crippen LogP contribution in [-0.2, 0) is 68.1 Å². The SMILES string of the molecule is COC(=O)Oc1cccc(Br)c1COc1cc(F)c(C)cc1C.COC(=O)Oc1cccc(C)c1COc1cc(F)c(C)cc1C.COC(=O)Oc1cccc(Cl)c1COc1cc(F)c(C)cc1C.COC(=O)Oc1cccc(F)c1COc1cc(F)c(C)cc1C.COC(=O)Oc1cccc(I)c1COc1cc(F)c(C)cc1C.COC(=O)Oc1ccccc1COc1cc(F)c(C)cc1C. The van der Waals surface area contributed by atoms with Gasteiger partial charge in [0.1, 0.15) is 149 Å². The van der Waals surface area contributed by atoms with Crippen LogP contribution in [0.1, 0.15) is 106 Å². The minimum Gasteiger partial charge on any atom is -0.488 e. The van der Waals surface area contributed by atoms with Gasteiger partial charge in [0.15, 0.2) is 0 Å². The van der Waals surface area contributed by atoms with E-state index < -0.39 is 48.6 Å². The van der Waals surface area contributed by atoms with Crippen LogP contribution in [0.2, 0.25) is 5.02 Å². The van der Waals surface area contributed by atoms with Crippen molar-refractivity contribution in [3.05, 3.63) is 348 Å². The van der Waals surface area contributed by atoms with Crippen LogP contribution in [0, 0.1) is 134 Å². The molecule has 137 heavy (non-hydrogen) atoms. The van der Waals surface area contributed by atoms with Gasteiger partial charge in [-0.15, -0.1) is 0 Å². The second kappa shape index (κ2) is 54.0. The summed E-state index contributed by atoms with van der Waals surface area (Å²) in [6.07, 6.45) is -5.03. The third-order valence-electron chi connectivity index (χ3n) is 19.8. The molecule has 12 aromatic rings. The van der Waals surface area contributed by atoms with Gasteiger partial charge in [0, 0.05) is 66.7 Å². The van der Waals surface area contributed by atoms with Crippen molar-refractivity contribution in [3.63, 3.8) is 0 Å². The number of para-hydroxylation sites is 1. The second-order valence-corrected chi connectivity index (χ2v) is 32.2. The first-order chi connectivity index (χ1) is 65.1. The Labute approximate surface area is 815 Å². The summed E-state index contributed by atoms with van der Waals surface area (Å²) in [5.74, 6) is 1.45. The predicted octanol–water partition coefficient (Wildman–Crippen LogP) is 27.5. The number of aryl methyl sites for hydroxylation is 13. The monoisotopic (exact) mass is 2090 g/mol. The van der Waals surface area contributed by atoms with Crippen LogP contribution in [0.25, 0.3) is 0 Å². The molecule has 0 aliphatic carbocycles. The quantitative estimate of drug-likeness (QED) is 0.0179. The fourth-order valence-corrected chi connectivity index (χ4v) is 13.6. The van der Waals surface area contributed by atoms with Crippen molar-refractivity contribution in [2.75, 3.05) is 42.7 Å². The van der Waals surface area contributed by atoms with Crippen LogP contribution in [0.5, 0.6) is 69.0 Å². The summed E-state index contributed by atoms with van der Waals surface area (Å²) >= 11 is 11.6. The molecule has 0 aliphatic heterocycles. The topological polar surface area (TPSA) is 269 Å². The van der Waals surface area contributed by atoms with Gasteiger partial charge in [-0.05, 0) is 282 Å². The van der Waals surface area contributed by atoms with Gasteiger partial charge in [0.2, 0.25) is 0 Å². The van der Waals surface area contributed by atoms with Gasteiger partial charge in [-0.3, -0.25) is 0 Å². The molecule has 12 aromatic carbocycles. The van der Waals surface area contributed by atoms with Crippen molar-refractivity contribution in [2.45, 2.75) is 130 Å². The van der Waals surface area contributed by atoms with Crippen molar-refractivity contribution >= 4 is 87.1 Å². The van der Waals surface area contributed by atoms with Gasteiger partial charge in [-0.2, -0.15) is 0 Å². The average molecular weight is 2100 g/mol. The molecule has 34 heteroatoms. The van der Waals surface area contributed by atoms with Crippen LogP contribution in [0.4, 0.5) is 59.5 Å². The van der Waals surface area contributed by atoms with Crippen molar-refractivity contribution in [1.82, 2.24) is 0 Å². The number of hydrogen-bond acceptors (Lipinski definition) is 24. The summed E-state index contributed by atoms with van der Waals surface area (Å²) in [6, 6.07) is 49.8. The Kier molecular flexibility index (Phi) is 43.4. The van der Waals surface area contributed by atoms with E-state index in [1.165, 1.54) is 90.1 Å². The summed E-state index contributed by atoms with van der Waals surface area (Å²) in [5, 5.41) is 0.372. The van der Waals surface area contributed by atoms with Crippen LogP contribution < -0.4 is 56.8 Å². The molecule has 0 aromatic heterocycles. The third kappa shape index (κ3) is 33.5. The summed E-state index contributed by atoms with van der Waals surface area (Å²) in [6.45, 7) is 23.3. The molecule has 0 N–H and O–H groups in total. The van der Waals surface area contributed by atoms with Crippen molar-refractivity contribution in [2.24, 2.45) is 0 Å². The van der Waals surface area contributed by atoms with Gasteiger partial charge in [0.25, 0.3) is 0 Å². The van der Waals surface area contributed by atoms with Crippen LogP contribution in [0.15, 0.2) is 193 Å². The van der Waals surface area contributed by atoms with Crippen molar-refractivity contribution < 1.29 is 145 Å². The highest BCUT2D eigenvalue weighted by molar-refractivity contribution is 14.1. The standard InChI is InChI=1S/C18H19FO4.C17H16BrFO4.C17H16ClFO4.C17H16F2O4.C17H16FIO4.C17H17FO4/c1-11-6-5-7-16(23-18(20)21-4)14(11)10-22-17-9-15(19)12(2)8-13(17)3;3*1-10-7-11(2)16(8-14(10)19)22-9-12-13(18)5-4-6-15(12)23-17(20)21-3;1-10-7-11(2)16(8-13(10)18)22-9-12-14(19)5-4-6-15(12)23-17(20)21-3;1-11-8-12(2)16(9-14(11)18)21-10-13-6-4-5-7-15(13)22-17(19)20-3/h5-9H,10H2,1-4H3;4*4-8H,9H2,1-3H3;4-9H,10H2,1-3H3. The molecule has 0 fully saturated rings. The van der Waals surface area contributed by atoms with Gasteiger partial charge < -0.3 is 85.3 Å². The van der Waals surface area contributed by atoms with E-state index in [0.717, 1.165) is 49.6 Å². The minimum atomic E-state index is -0.964. The molecular weight excluding hydrogens is 2000 g/mol. The maximum Gasteiger partial charge on any atom is 0.513 e. The van der Waals surface area contributed by atoms with E-state index in [-0.39, 0.29) is 85.8 Å². The minimum absolute atomic E-state index is 0.0120. The number of rotatable bonds is 24. The molecule has 0 radical (unpaired) electrons. The zero-order valence-corrected chi connectivity index (χ0v) is 82.7. The second-order valence-electron chi connectivity index (χ2n) is 29.8. The summed E-state index contributed by atoms with van der Waals surface area (Å²) in [4.78, 5) is 67.6. The summed E-state index contributed by atoms with van der Waals surface area (Å²) in [5.41, 5.74) is 12.3. The largest absolute Gasteiger partial charge is 0.513 e. The van der Waals surface area contributed by atoms with E-state index in [2.05, 4.69) is 66.9 Å². The van der Waals surface area contributed by atoms with Crippen molar-refractivity contribution in [3.8, 4) is 69.0 Å². The zero-order chi connectivity index (χ0) is 101. The molecular formula is C103H100BrClF7IO24. The molecule has 0 bridgehead atoms. The molecule has 0 amide bonds. The smallest absolute Gasteiger partial charge is 0.488 e. The van der Waals surface area contributed by atoms with E-state index in [9.17, 15) is 59.5 Å². The van der Waals surface area contributed by atoms with Gasteiger partial charge in [0.05, 0.1) is 58.8 Å². The number of ether oxygens (including phenoxy) is 18. The molecule has 0 saturated carbocycles.